The van der Waals surface area contributed by atoms with Crippen LogP contribution in [0.4, 0.5) is 19.0 Å². The van der Waals surface area contributed by atoms with Gasteiger partial charge in [-0.1, -0.05) is 18.2 Å². The molecule has 0 radical (unpaired) electrons. The maximum absolute atomic E-state index is 13.0. The molecule has 0 atom stereocenters. The molecule has 0 bridgehead atoms. The average molecular weight is 332 g/mol. The van der Waals surface area contributed by atoms with Crippen LogP contribution in [0.3, 0.4) is 0 Å². The monoisotopic (exact) mass is 332 g/mol. The molecule has 0 aliphatic rings. The quantitative estimate of drug-likeness (QED) is 0.782. The largest absolute Gasteiger partial charge is 0.419 e. The van der Waals surface area contributed by atoms with Crippen LogP contribution in [-0.2, 0) is 19.8 Å². The Morgan fingerprint density at radius 2 is 1.96 bits per heavy atom. The molecule has 0 saturated heterocycles. The van der Waals surface area contributed by atoms with Crippen LogP contribution in [0.15, 0.2) is 55.0 Å². The number of nitrogens with zero attached hydrogens (tertiary/aromatic N) is 3. The Morgan fingerprint density at radius 1 is 1.12 bits per heavy atom. The summed E-state index contributed by atoms with van der Waals surface area (Å²) in [4.78, 5) is 3.80. The van der Waals surface area contributed by atoms with Crippen LogP contribution in [0, 0.1) is 0 Å². The van der Waals surface area contributed by atoms with Crippen LogP contribution in [0.5, 0.6) is 0 Å². The van der Waals surface area contributed by atoms with Gasteiger partial charge in [-0.05, 0) is 29.3 Å². The van der Waals surface area contributed by atoms with E-state index in [0.29, 0.717) is 0 Å². The molecular weight excluding hydrogens is 317 g/mol. The molecule has 4 nitrogen and oxygen atoms in total. The normalized spacial score (nSPS) is 11.5. The fraction of sp³-hybridized carbons (Fsp3) is 0.176. The molecule has 0 fully saturated rings. The predicted octanol–water partition coefficient (Wildman–Crippen LogP) is 4.11. The highest BCUT2D eigenvalue weighted by atomic mass is 19.4. The number of alkyl halides is 3. The van der Waals surface area contributed by atoms with Crippen LogP contribution < -0.4 is 5.32 Å². The molecule has 24 heavy (non-hydrogen) atoms. The van der Waals surface area contributed by atoms with Crippen LogP contribution in [0.2, 0.25) is 0 Å². The molecule has 0 spiro atoms. The number of hydrogen-bond acceptors (Lipinski definition) is 3. The Bertz CT molecular complexity index is 840. The number of pyridine rings is 1. The smallest absolute Gasteiger partial charge is 0.365 e. The molecule has 3 rings (SSSR count). The number of aromatic nitrogens is 3. The minimum atomic E-state index is -4.44. The van der Waals surface area contributed by atoms with Gasteiger partial charge in [-0.3, -0.25) is 4.68 Å². The molecule has 2 heterocycles. The summed E-state index contributed by atoms with van der Waals surface area (Å²) in [5.41, 5.74) is 2.00. The highest BCUT2D eigenvalue weighted by Crippen LogP contribution is 2.33. The van der Waals surface area contributed by atoms with Gasteiger partial charge in [0.25, 0.3) is 0 Å². The summed E-state index contributed by atoms with van der Waals surface area (Å²) in [6.45, 7) is 0.244. The van der Waals surface area contributed by atoms with Gasteiger partial charge in [0.15, 0.2) is 0 Å². The van der Waals surface area contributed by atoms with Crippen LogP contribution >= 0.6 is 0 Å². The third kappa shape index (κ3) is 3.56. The summed E-state index contributed by atoms with van der Waals surface area (Å²) in [7, 11) is 1.83. The van der Waals surface area contributed by atoms with Gasteiger partial charge in [0.1, 0.15) is 5.82 Å². The van der Waals surface area contributed by atoms with E-state index in [-0.39, 0.29) is 12.4 Å². The van der Waals surface area contributed by atoms with Crippen molar-refractivity contribution in [1.82, 2.24) is 14.8 Å². The summed E-state index contributed by atoms with van der Waals surface area (Å²) >= 11 is 0. The van der Waals surface area contributed by atoms with Crippen molar-refractivity contribution in [3.8, 4) is 11.1 Å². The van der Waals surface area contributed by atoms with E-state index >= 15 is 0 Å². The van der Waals surface area contributed by atoms with E-state index in [0.717, 1.165) is 22.8 Å². The van der Waals surface area contributed by atoms with Crippen LogP contribution in [0.1, 0.15) is 11.1 Å². The first-order valence-corrected chi connectivity index (χ1v) is 7.27. The number of rotatable bonds is 4. The molecule has 2 aromatic heterocycles. The van der Waals surface area contributed by atoms with E-state index in [1.165, 1.54) is 12.3 Å². The Balaban J connectivity index is 1.79. The van der Waals surface area contributed by atoms with Crippen molar-refractivity contribution in [2.24, 2.45) is 7.05 Å². The summed E-state index contributed by atoms with van der Waals surface area (Å²) < 4.78 is 40.6. The number of halogens is 3. The molecule has 1 aromatic carbocycles. The SMILES string of the molecule is Cn1cc(-c2cccc(CNc3ncccc3C(F)(F)F)c2)cn1. The average Bonchev–Trinajstić information content (AvgIpc) is 2.99. The zero-order valence-electron chi connectivity index (χ0n) is 12.9. The van der Waals surface area contributed by atoms with Crippen molar-refractivity contribution >= 4 is 5.82 Å². The molecule has 124 valence electrons. The maximum Gasteiger partial charge on any atom is 0.419 e. The standard InChI is InChI=1S/C17H15F3N4/c1-24-11-14(10-23-24)13-5-2-4-12(8-13)9-22-16-15(17(18,19)20)6-3-7-21-16/h2-8,10-11H,9H2,1H3,(H,21,22). The Hall–Kier alpha value is -2.83. The second-order valence-electron chi connectivity index (χ2n) is 5.35. The van der Waals surface area contributed by atoms with E-state index in [2.05, 4.69) is 15.4 Å². The van der Waals surface area contributed by atoms with E-state index in [9.17, 15) is 13.2 Å². The van der Waals surface area contributed by atoms with Crippen LogP contribution in [-0.4, -0.2) is 14.8 Å². The summed E-state index contributed by atoms with van der Waals surface area (Å²) in [6, 6.07) is 9.85. The molecule has 0 aliphatic heterocycles. The van der Waals surface area contributed by atoms with Gasteiger partial charge in [-0.25, -0.2) is 4.98 Å². The number of nitrogens with one attached hydrogen (secondary N) is 1. The van der Waals surface area contributed by atoms with Crippen LogP contribution in [0.25, 0.3) is 11.1 Å². The minimum absolute atomic E-state index is 0.170. The molecule has 0 saturated carbocycles. The minimum Gasteiger partial charge on any atom is -0.365 e. The van der Waals surface area contributed by atoms with E-state index in [1.54, 1.807) is 10.9 Å². The van der Waals surface area contributed by atoms with Gasteiger partial charge in [-0.2, -0.15) is 18.3 Å². The van der Waals surface area contributed by atoms with Crippen molar-refractivity contribution in [3.05, 3.63) is 66.1 Å². The zero-order valence-corrected chi connectivity index (χ0v) is 12.9. The Morgan fingerprint density at radius 3 is 2.67 bits per heavy atom. The predicted molar refractivity (Wildman–Crippen MR) is 85.2 cm³/mol. The molecule has 7 heteroatoms. The lowest BCUT2D eigenvalue weighted by molar-refractivity contribution is -0.137. The molecule has 0 aliphatic carbocycles. The first-order valence-electron chi connectivity index (χ1n) is 7.27. The number of hydrogen-bond donors (Lipinski definition) is 1. The number of benzene rings is 1. The molecule has 0 amide bonds. The maximum atomic E-state index is 13.0. The van der Waals surface area contributed by atoms with Crippen molar-refractivity contribution < 1.29 is 13.2 Å². The van der Waals surface area contributed by atoms with Gasteiger partial charge >= 0.3 is 6.18 Å². The van der Waals surface area contributed by atoms with E-state index < -0.39 is 11.7 Å². The van der Waals surface area contributed by atoms with Gasteiger partial charge in [0, 0.05) is 31.5 Å². The third-order valence-electron chi connectivity index (χ3n) is 3.54. The number of aryl methyl sites for hydroxylation is 1. The van der Waals surface area contributed by atoms with Crippen molar-refractivity contribution in [3.63, 3.8) is 0 Å². The molecular formula is C17H15F3N4. The molecule has 1 N–H and O–H groups in total. The van der Waals surface area contributed by atoms with Gasteiger partial charge < -0.3 is 5.32 Å². The van der Waals surface area contributed by atoms with Gasteiger partial charge in [-0.15, -0.1) is 0 Å². The summed E-state index contributed by atoms with van der Waals surface area (Å²) in [5, 5.41) is 6.89. The first-order chi connectivity index (χ1) is 11.4. The van der Waals surface area contributed by atoms with E-state index in [4.69, 9.17) is 0 Å². The second kappa shape index (κ2) is 6.35. The van der Waals surface area contributed by atoms with Crippen molar-refractivity contribution in [1.29, 1.82) is 0 Å². The lowest BCUT2D eigenvalue weighted by Gasteiger charge is -2.13. The lowest BCUT2D eigenvalue weighted by atomic mass is 10.1. The van der Waals surface area contributed by atoms with Crippen molar-refractivity contribution in [2.45, 2.75) is 12.7 Å². The highest BCUT2D eigenvalue weighted by molar-refractivity contribution is 5.62. The van der Waals surface area contributed by atoms with Crippen molar-refractivity contribution in [2.75, 3.05) is 5.32 Å². The van der Waals surface area contributed by atoms with Gasteiger partial charge in [0.2, 0.25) is 0 Å². The second-order valence-corrected chi connectivity index (χ2v) is 5.35. The third-order valence-corrected chi connectivity index (χ3v) is 3.54. The Kier molecular flexibility index (Phi) is 4.24. The Labute approximate surface area is 137 Å². The molecule has 3 aromatic rings. The number of anilines is 1. The fourth-order valence-electron chi connectivity index (χ4n) is 2.39. The first kappa shape index (κ1) is 16.0. The van der Waals surface area contributed by atoms with Gasteiger partial charge in [0.05, 0.1) is 11.8 Å². The topological polar surface area (TPSA) is 42.7 Å². The summed E-state index contributed by atoms with van der Waals surface area (Å²) in [6.07, 6.45) is 0.526. The van der Waals surface area contributed by atoms with E-state index in [1.807, 2.05) is 37.5 Å². The zero-order chi connectivity index (χ0) is 17.2. The lowest BCUT2D eigenvalue weighted by Crippen LogP contribution is -2.12. The fourth-order valence-corrected chi connectivity index (χ4v) is 2.39. The molecule has 0 unspecified atom stereocenters. The summed E-state index contributed by atoms with van der Waals surface area (Å²) in [5.74, 6) is -0.170. The highest BCUT2D eigenvalue weighted by Gasteiger charge is 2.33.